The third kappa shape index (κ3) is 6.63. The Bertz CT molecular complexity index is 1500. The predicted molar refractivity (Wildman–Crippen MR) is 145 cm³/mol. The minimum Gasteiger partial charge on any atom is -0.459 e. The van der Waals surface area contributed by atoms with Crippen LogP contribution in [0.25, 0.3) is 0 Å². The van der Waals surface area contributed by atoms with E-state index in [1.807, 2.05) is 13.8 Å². The highest BCUT2D eigenvalue weighted by atomic mass is 127. The molecule has 1 fully saturated rings. The second-order valence-electron chi connectivity index (χ2n) is 8.98. The number of aromatic amines is 1. The van der Waals surface area contributed by atoms with Gasteiger partial charge in [-0.15, -0.1) is 0 Å². The highest BCUT2D eigenvalue weighted by molar-refractivity contribution is 14.1. The van der Waals surface area contributed by atoms with Crippen LogP contribution in [0, 0.1) is 17.4 Å². The van der Waals surface area contributed by atoms with Crippen LogP contribution < -0.4 is 11.2 Å². The molecule has 1 aliphatic heterocycles. The van der Waals surface area contributed by atoms with E-state index in [2.05, 4.69) is 4.98 Å². The number of rotatable bonds is 7. The number of nitrogens with zero attached hydrogens (tertiary/aromatic N) is 1. The molecule has 1 aliphatic rings. The summed E-state index contributed by atoms with van der Waals surface area (Å²) in [5.74, 6) is -2.11. The van der Waals surface area contributed by atoms with E-state index in [9.17, 15) is 24.0 Å². The zero-order valence-electron chi connectivity index (χ0n) is 21.2. The number of aromatic nitrogens is 2. The van der Waals surface area contributed by atoms with Gasteiger partial charge < -0.3 is 18.9 Å². The number of hydrogen-bond acceptors (Lipinski definition) is 9. The second kappa shape index (κ2) is 11.9. The van der Waals surface area contributed by atoms with Crippen LogP contribution in [0.5, 0.6) is 0 Å². The van der Waals surface area contributed by atoms with Crippen molar-refractivity contribution >= 4 is 40.5 Å². The topological polar surface area (TPSA) is 143 Å². The first-order valence-corrected chi connectivity index (χ1v) is 13.0. The Morgan fingerprint density at radius 2 is 1.46 bits per heavy atom. The summed E-state index contributed by atoms with van der Waals surface area (Å²) in [7, 11) is 0. The van der Waals surface area contributed by atoms with Crippen molar-refractivity contribution in [1.82, 2.24) is 9.55 Å². The van der Waals surface area contributed by atoms with E-state index < -0.39 is 53.7 Å². The molecular weight excluding hydrogens is 623 g/mol. The molecule has 0 spiro atoms. The van der Waals surface area contributed by atoms with Gasteiger partial charge in [0.15, 0.2) is 18.4 Å². The summed E-state index contributed by atoms with van der Waals surface area (Å²) in [4.78, 5) is 64.5. The van der Waals surface area contributed by atoms with E-state index in [0.29, 0.717) is 5.56 Å². The van der Waals surface area contributed by atoms with Crippen molar-refractivity contribution in [2.45, 2.75) is 45.3 Å². The molecule has 0 radical (unpaired) electrons. The molecular formula is C27H25IN2O9. The molecule has 11 nitrogen and oxygen atoms in total. The van der Waals surface area contributed by atoms with Gasteiger partial charge in [-0.25, -0.2) is 14.4 Å². The second-order valence-corrected chi connectivity index (χ2v) is 10.1. The average Bonchev–Trinajstić information content (AvgIpc) is 3.21. The molecule has 4 rings (SSSR count). The molecule has 1 N–H and O–H groups in total. The van der Waals surface area contributed by atoms with Crippen LogP contribution in [0.3, 0.4) is 0 Å². The van der Waals surface area contributed by atoms with Gasteiger partial charge in [0.25, 0.3) is 5.56 Å². The lowest BCUT2D eigenvalue weighted by Gasteiger charge is -2.24. The lowest BCUT2D eigenvalue weighted by molar-refractivity contribution is -0.156. The Morgan fingerprint density at radius 1 is 0.897 bits per heavy atom. The van der Waals surface area contributed by atoms with Crippen molar-refractivity contribution in [3.05, 3.63) is 101 Å². The van der Waals surface area contributed by atoms with Gasteiger partial charge >= 0.3 is 23.6 Å². The molecule has 0 aliphatic carbocycles. The number of carbonyl (C=O) groups is 3. The maximum Gasteiger partial charge on any atom is 0.338 e. The average molecular weight is 648 g/mol. The zero-order chi connectivity index (χ0) is 28.3. The van der Waals surface area contributed by atoms with Crippen LogP contribution in [0.15, 0.2) is 64.3 Å². The van der Waals surface area contributed by atoms with E-state index in [1.54, 1.807) is 71.1 Å². The third-order valence-corrected chi connectivity index (χ3v) is 6.75. The smallest absolute Gasteiger partial charge is 0.338 e. The fraction of sp³-hybridized carbons (Fsp3) is 0.296. The van der Waals surface area contributed by atoms with E-state index >= 15 is 0 Å². The first kappa shape index (κ1) is 28.2. The maximum atomic E-state index is 13.0. The molecule has 1 aromatic heterocycles. The summed E-state index contributed by atoms with van der Waals surface area (Å²) in [5.41, 5.74) is 0.986. The molecule has 0 saturated carbocycles. The molecule has 0 bridgehead atoms. The van der Waals surface area contributed by atoms with Gasteiger partial charge in [0.05, 0.1) is 14.7 Å². The van der Waals surface area contributed by atoms with E-state index in [4.69, 9.17) is 18.9 Å². The van der Waals surface area contributed by atoms with Crippen LogP contribution in [-0.4, -0.2) is 52.4 Å². The molecule has 204 valence electrons. The number of benzene rings is 2. The van der Waals surface area contributed by atoms with E-state index in [-0.39, 0.29) is 15.7 Å². The first-order valence-electron chi connectivity index (χ1n) is 11.9. The van der Waals surface area contributed by atoms with Gasteiger partial charge in [-0.2, -0.15) is 0 Å². The Morgan fingerprint density at radius 3 is 2.03 bits per heavy atom. The molecule has 12 heteroatoms. The quantitative estimate of drug-likeness (QED) is 0.233. The van der Waals surface area contributed by atoms with Crippen molar-refractivity contribution in [3.8, 4) is 0 Å². The zero-order valence-corrected chi connectivity index (χ0v) is 23.4. The number of carbonyl (C=O) groups excluding carboxylic acids is 3. The number of nitrogens with one attached hydrogen (secondary N) is 1. The van der Waals surface area contributed by atoms with Crippen LogP contribution in [0.1, 0.15) is 45.0 Å². The molecule has 2 heterocycles. The molecule has 0 amide bonds. The lowest BCUT2D eigenvalue weighted by atomic mass is 10.1. The summed E-state index contributed by atoms with van der Waals surface area (Å²) < 4.78 is 23.9. The maximum absolute atomic E-state index is 13.0. The van der Waals surface area contributed by atoms with E-state index in [0.717, 1.165) is 22.6 Å². The van der Waals surface area contributed by atoms with Crippen molar-refractivity contribution in [3.63, 3.8) is 0 Å². The SMILES string of the molecule is CC(=O)O[C@@H]1[C@H](OC(=O)c2ccc(C)cc2)[C@@H](COC(=O)c2ccc(C)cc2)O[C@@H]1n1cc(I)c(=O)[nH]c1=O. The van der Waals surface area contributed by atoms with Gasteiger partial charge in [-0.1, -0.05) is 35.4 Å². The number of ether oxygens (including phenoxy) is 4. The van der Waals surface area contributed by atoms with Crippen LogP contribution in [-0.2, 0) is 23.7 Å². The number of aryl methyl sites for hydroxylation is 2. The minimum absolute atomic E-state index is 0.167. The van der Waals surface area contributed by atoms with Gasteiger partial charge in [0.1, 0.15) is 12.7 Å². The minimum atomic E-state index is -1.31. The molecule has 0 unspecified atom stereocenters. The monoisotopic (exact) mass is 648 g/mol. The summed E-state index contributed by atoms with van der Waals surface area (Å²) >= 11 is 1.74. The van der Waals surface area contributed by atoms with E-state index in [1.165, 1.54) is 6.20 Å². The fourth-order valence-electron chi connectivity index (χ4n) is 3.99. The summed E-state index contributed by atoms with van der Waals surface area (Å²) in [6, 6.07) is 13.3. The van der Waals surface area contributed by atoms with Crippen LogP contribution >= 0.6 is 22.6 Å². The Hall–Kier alpha value is -3.78. The Kier molecular flexibility index (Phi) is 8.65. The lowest BCUT2D eigenvalue weighted by Crippen LogP contribution is -2.43. The van der Waals surface area contributed by atoms with Crippen molar-refractivity contribution in [2.24, 2.45) is 0 Å². The number of halogens is 1. The summed E-state index contributed by atoms with van der Waals surface area (Å²) in [6.45, 7) is 4.51. The van der Waals surface area contributed by atoms with Crippen molar-refractivity contribution in [2.75, 3.05) is 6.61 Å². The number of H-pyrrole nitrogens is 1. The molecule has 39 heavy (non-hydrogen) atoms. The Labute approximate surface area is 236 Å². The number of esters is 3. The highest BCUT2D eigenvalue weighted by Gasteiger charge is 2.51. The van der Waals surface area contributed by atoms with Crippen molar-refractivity contribution in [1.29, 1.82) is 0 Å². The van der Waals surface area contributed by atoms with Gasteiger partial charge in [0.2, 0.25) is 0 Å². The van der Waals surface area contributed by atoms with Crippen molar-refractivity contribution < 1.29 is 33.3 Å². The fourth-order valence-corrected chi connectivity index (χ4v) is 4.42. The van der Waals surface area contributed by atoms with Gasteiger partial charge in [0, 0.05) is 13.1 Å². The molecule has 4 atom stereocenters. The third-order valence-electron chi connectivity index (χ3n) is 5.98. The highest BCUT2D eigenvalue weighted by Crippen LogP contribution is 2.34. The van der Waals surface area contributed by atoms with Gasteiger partial charge in [-0.3, -0.25) is 19.1 Å². The number of hydrogen-bond donors (Lipinski definition) is 1. The normalized spacial score (nSPS) is 20.3. The Balaban J connectivity index is 1.67. The predicted octanol–water partition coefficient (Wildman–Crippen LogP) is 2.67. The summed E-state index contributed by atoms with van der Waals surface area (Å²) in [5, 5.41) is 0. The molecule has 2 aromatic carbocycles. The largest absolute Gasteiger partial charge is 0.459 e. The summed E-state index contributed by atoms with van der Waals surface area (Å²) in [6.07, 6.45) is -3.76. The standard InChI is InChI=1S/C27H25IN2O9/c1-14-4-8-17(9-5-14)25(33)36-13-20-21(39-26(34)18-10-6-15(2)7-11-18)22(37-16(3)31)24(38-20)30-12-19(28)23(32)29-27(30)35/h4-12,20-22,24H,13H2,1-3H3,(H,29,32,35)/t20-,21-,22-,24+/m1/s1. The van der Waals surface area contributed by atoms with Crippen LogP contribution in [0.2, 0.25) is 0 Å². The molecule has 3 aromatic rings. The molecule has 1 saturated heterocycles. The first-order chi connectivity index (χ1) is 18.5. The van der Waals surface area contributed by atoms with Gasteiger partial charge in [-0.05, 0) is 60.7 Å². The van der Waals surface area contributed by atoms with Crippen LogP contribution in [0.4, 0.5) is 0 Å².